The lowest BCUT2D eigenvalue weighted by Crippen LogP contribution is -2.07. The van der Waals surface area contributed by atoms with Crippen molar-refractivity contribution >= 4 is 20.5 Å². The maximum atomic E-state index is 10.5. The van der Waals surface area contributed by atoms with Gasteiger partial charge in [-0.15, -0.1) is 0 Å². The van der Waals surface area contributed by atoms with Crippen LogP contribution in [-0.4, -0.2) is 25.9 Å². The third kappa shape index (κ3) is 5.07. The van der Waals surface area contributed by atoms with Crippen LogP contribution in [0.4, 0.5) is 0 Å². The highest BCUT2D eigenvalue weighted by Crippen LogP contribution is 2.16. The highest BCUT2D eigenvalue weighted by molar-refractivity contribution is 7.85. The summed E-state index contributed by atoms with van der Waals surface area (Å²) in [6, 6.07) is 4.95. The van der Waals surface area contributed by atoms with Crippen LogP contribution in [0, 0.1) is 0 Å². The van der Waals surface area contributed by atoms with Crippen molar-refractivity contribution in [3.8, 4) is 5.75 Å². The molecule has 1 rings (SSSR count). The van der Waals surface area contributed by atoms with Crippen molar-refractivity contribution in [2.45, 2.75) is 5.75 Å². The first-order valence-electron chi connectivity index (χ1n) is 3.87. The molecule has 0 bridgehead atoms. The van der Waals surface area contributed by atoms with Crippen molar-refractivity contribution < 1.29 is 30.1 Å². The van der Waals surface area contributed by atoms with Gasteiger partial charge in [0.15, 0.2) is 0 Å². The summed E-state index contributed by atoms with van der Waals surface area (Å²) in [5, 5.41) is 0. The van der Waals surface area contributed by atoms with Crippen LogP contribution >= 0.6 is 0 Å². The fourth-order valence-corrected chi connectivity index (χ4v) is 1.97. The van der Waals surface area contributed by atoms with E-state index in [1.807, 2.05) is 0 Å². The fourth-order valence-electron chi connectivity index (χ4n) is 1.02. The van der Waals surface area contributed by atoms with E-state index >= 15 is 0 Å². The number of hydrogen-bond acceptors (Lipinski definition) is 5. The van der Waals surface area contributed by atoms with E-state index < -0.39 is 26.3 Å². The summed E-state index contributed by atoms with van der Waals surface area (Å²) >= 11 is 0. The molecule has 0 aliphatic heterocycles. The first-order valence-corrected chi connectivity index (χ1v) is 6.84. The average Bonchev–Trinajstić information content (AvgIpc) is 1.96. The number of hydrogen-bond donors (Lipinski definition) is 2. The molecule has 0 aliphatic rings. The molecule has 2 N–H and O–H groups in total. The molecule has 0 amide bonds. The van der Waals surface area contributed by atoms with Crippen molar-refractivity contribution in [2.75, 3.05) is 0 Å². The molecule has 0 heterocycles. The molecule has 9 heteroatoms. The van der Waals surface area contributed by atoms with Gasteiger partial charge >= 0.3 is 10.4 Å². The first kappa shape index (κ1) is 12.9. The molecule has 7 nitrogen and oxygen atoms in total. The summed E-state index contributed by atoms with van der Waals surface area (Å²) in [4.78, 5) is 0. The van der Waals surface area contributed by atoms with Gasteiger partial charge in [-0.05, 0) is 17.7 Å². The van der Waals surface area contributed by atoms with Crippen LogP contribution < -0.4 is 4.18 Å². The standard InChI is InChI=1S/C7H8O7S2/c8-15(9,10)5-6-2-1-3-7(4-6)14-16(11,12)13/h1-4H,5H2,(H,8,9,10)(H,11,12,13). The Balaban J connectivity index is 2.96. The third-order valence-corrected chi connectivity index (χ3v) is 2.55. The van der Waals surface area contributed by atoms with Crippen LogP contribution in [-0.2, 0) is 26.3 Å². The molecule has 0 fully saturated rings. The van der Waals surface area contributed by atoms with Crippen LogP contribution in [0.25, 0.3) is 0 Å². The Morgan fingerprint density at radius 3 is 2.25 bits per heavy atom. The van der Waals surface area contributed by atoms with Gasteiger partial charge in [-0.25, -0.2) is 0 Å². The van der Waals surface area contributed by atoms with E-state index in [1.54, 1.807) is 0 Å². The minimum Gasteiger partial charge on any atom is -0.362 e. The van der Waals surface area contributed by atoms with Crippen molar-refractivity contribution in [3.05, 3.63) is 29.8 Å². The van der Waals surface area contributed by atoms with E-state index in [0.29, 0.717) is 0 Å². The van der Waals surface area contributed by atoms with Crippen LogP contribution in [0.5, 0.6) is 5.75 Å². The summed E-state index contributed by atoms with van der Waals surface area (Å²) in [7, 11) is -8.85. The summed E-state index contributed by atoms with van der Waals surface area (Å²) in [6.07, 6.45) is 0. The van der Waals surface area contributed by atoms with Gasteiger partial charge in [-0.2, -0.15) is 16.8 Å². The summed E-state index contributed by atoms with van der Waals surface area (Å²) in [6.45, 7) is 0. The Kier molecular flexibility index (Phi) is 3.53. The number of benzene rings is 1. The summed E-state index contributed by atoms with van der Waals surface area (Å²) in [5.74, 6) is -0.918. The van der Waals surface area contributed by atoms with Gasteiger partial charge in [0.1, 0.15) is 11.5 Å². The molecule has 0 atom stereocenters. The molecule has 1 aromatic carbocycles. The SMILES string of the molecule is O=S(=O)(O)Cc1cccc(OS(=O)(=O)O)c1. The Bertz CT molecular complexity index is 523. The minimum absolute atomic E-state index is 0.128. The molecule has 90 valence electrons. The maximum absolute atomic E-state index is 10.5. The lowest BCUT2D eigenvalue weighted by atomic mass is 10.2. The van der Waals surface area contributed by atoms with Gasteiger partial charge < -0.3 is 4.18 Å². The Morgan fingerprint density at radius 2 is 1.75 bits per heavy atom. The van der Waals surface area contributed by atoms with E-state index in [2.05, 4.69) is 4.18 Å². The highest BCUT2D eigenvalue weighted by atomic mass is 32.3. The van der Waals surface area contributed by atoms with Gasteiger partial charge in [0.2, 0.25) is 0 Å². The van der Waals surface area contributed by atoms with Crippen molar-refractivity contribution in [2.24, 2.45) is 0 Å². The van der Waals surface area contributed by atoms with E-state index in [0.717, 1.165) is 6.07 Å². The van der Waals surface area contributed by atoms with E-state index in [4.69, 9.17) is 9.11 Å². The molecule has 1 aromatic rings. The predicted octanol–water partition coefficient (Wildman–Crippen LogP) is 0.256. The van der Waals surface area contributed by atoms with Crippen LogP contribution in [0.1, 0.15) is 5.56 Å². The zero-order chi connectivity index (χ0) is 12.4. The molecule has 16 heavy (non-hydrogen) atoms. The van der Waals surface area contributed by atoms with Gasteiger partial charge in [0, 0.05) is 0 Å². The number of rotatable bonds is 4. The topological polar surface area (TPSA) is 118 Å². The van der Waals surface area contributed by atoms with Gasteiger partial charge in [-0.1, -0.05) is 12.1 Å². The monoisotopic (exact) mass is 268 g/mol. The van der Waals surface area contributed by atoms with Gasteiger partial charge in [0.05, 0.1) is 0 Å². The lowest BCUT2D eigenvalue weighted by molar-refractivity contribution is 0.386. The molecule has 0 unspecified atom stereocenters. The minimum atomic E-state index is -4.65. The second-order valence-corrected chi connectivity index (χ2v) is 5.36. The molecule has 0 spiro atoms. The Morgan fingerprint density at radius 1 is 1.12 bits per heavy atom. The Labute approximate surface area is 92.4 Å². The maximum Gasteiger partial charge on any atom is 0.446 e. The second kappa shape index (κ2) is 4.37. The molecule has 0 saturated carbocycles. The van der Waals surface area contributed by atoms with E-state index in [-0.39, 0.29) is 11.3 Å². The molecule has 0 radical (unpaired) electrons. The molecular weight excluding hydrogens is 260 g/mol. The largest absolute Gasteiger partial charge is 0.446 e. The predicted molar refractivity (Wildman–Crippen MR) is 53.9 cm³/mol. The lowest BCUT2D eigenvalue weighted by Gasteiger charge is -2.03. The van der Waals surface area contributed by atoms with E-state index in [1.165, 1.54) is 18.2 Å². The summed E-state index contributed by atoms with van der Waals surface area (Å²) < 4.78 is 62.9. The third-order valence-electron chi connectivity index (χ3n) is 1.45. The molecule has 0 aliphatic carbocycles. The van der Waals surface area contributed by atoms with Crippen molar-refractivity contribution in [1.82, 2.24) is 0 Å². The van der Waals surface area contributed by atoms with Crippen LogP contribution in [0.3, 0.4) is 0 Å². The van der Waals surface area contributed by atoms with Gasteiger partial charge in [0.25, 0.3) is 10.1 Å². The molecule has 0 saturated heterocycles. The van der Waals surface area contributed by atoms with E-state index in [9.17, 15) is 16.8 Å². The first-order chi connectivity index (χ1) is 7.16. The van der Waals surface area contributed by atoms with Crippen LogP contribution in [0.2, 0.25) is 0 Å². The van der Waals surface area contributed by atoms with Crippen molar-refractivity contribution in [3.63, 3.8) is 0 Å². The van der Waals surface area contributed by atoms with Crippen LogP contribution in [0.15, 0.2) is 24.3 Å². The smallest absolute Gasteiger partial charge is 0.362 e. The fraction of sp³-hybridized carbons (Fsp3) is 0.143. The summed E-state index contributed by atoms with van der Waals surface area (Å²) in [5.41, 5.74) is 0.128. The quantitative estimate of drug-likeness (QED) is 0.751. The highest BCUT2D eigenvalue weighted by Gasteiger charge is 2.10. The van der Waals surface area contributed by atoms with Gasteiger partial charge in [-0.3, -0.25) is 9.11 Å². The normalized spacial score (nSPS) is 12.4. The Hall–Kier alpha value is -1.16. The average molecular weight is 268 g/mol. The second-order valence-electron chi connectivity index (χ2n) is 2.88. The zero-order valence-electron chi connectivity index (χ0n) is 7.77. The van der Waals surface area contributed by atoms with Crippen molar-refractivity contribution in [1.29, 1.82) is 0 Å². The molecule has 0 aromatic heterocycles. The molecular formula is C7H8O7S2. The zero-order valence-corrected chi connectivity index (χ0v) is 9.40.